The Labute approximate surface area is 138 Å². The lowest BCUT2D eigenvalue weighted by Crippen LogP contribution is -2.28. The van der Waals surface area contributed by atoms with E-state index in [4.69, 9.17) is 21.2 Å². The number of ether oxygens (including phenoxy) is 1. The summed E-state index contributed by atoms with van der Waals surface area (Å²) in [7, 11) is 1.54. The van der Waals surface area contributed by atoms with Gasteiger partial charge in [0, 0.05) is 12.1 Å². The van der Waals surface area contributed by atoms with Crippen LogP contribution in [0.4, 0.5) is 5.69 Å². The number of carbonyl (C=O) groups excluding carboxylic acids is 1. The molecule has 6 heteroatoms. The van der Waals surface area contributed by atoms with E-state index in [2.05, 4.69) is 10.5 Å². The van der Waals surface area contributed by atoms with E-state index in [0.29, 0.717) is 22.9 Å². The molecule has 5 nitrogen and oxygen atoms in total. The second-order valence-corrected chi connectivity index (χ2v) is 5.45. The second kappa shape index (κ2) is 6.71. The van der Waals surface area contributed by atoms with Crippen molar-refractivity contribution in [2.24, 2.45) is 5.16 Å². The molecule has 0 aliphatic carbocycles. The third-order valence-electron chi connectivity index (χ3n) is 3.49. The highest BCUT2D eigenvalue weighted by molar-refractivity contribution is 6.32. The minimum atomic E-state index is -0.647. The Hall–Kier alpha value is -2.53. The minimum Gasteiger partial charge on any atom is -0.495 e. The first kappa shape index (κ1) is 15.4. The van der Waals surface area contributed by atoms with Crippen LogP contribution in [0.15, 0.2) is 53.7 Å². The summed E-state index contributed by atoms with van der Waals surface area (Å²) >= 11 is 6.05. The highest BCUT2D eigenvalue weighted by Gasteiger charge is 2.28. The maximum Gasteiger partial charge on any atom is 0.268 e. The Balaban J connectivity index is 1.63. The number of anilines is 1. The second-order valence-electron chi connectivity index (χ2n) is 5.04. The fourth-order valence-corrected chi connectivity index (χ4v) is 2.54. The van der Waals surface area contributed by atoms with Gasteiger partial charge in [-0.25, -0.2) is 0 Å². The van der Waals surface area contributed by atoms with Crippen LogP contribution in [0.25, 0.3) is 0 Å². The maximum atomic E-state index is 12.3. The molecule has 0 saturated carbocycles. The number of oxime groups is 1. The summed E-state index contributed by atoms with van der Waals surface area (Å²) in [4.78, 5) is 17.5. The van der Waals surface area contributed by atoms with E-state index in [-0.39, 0.29) is 5.91 Å². The van der Waals surface area contributed by atoms with E-state index >= 15 is 0 Å². The summed E-state index contributed by atoms with van der Waals surface area (Å²) in [6.45, 7) is 0. The Morgan fingerprint density at radius 3 is 2.78 bits per heavy atom. The molecule has 3 rings (SSSR count). The molecular weight excluding hydrogens is 316 g/mol. The molecule has 1 amide bonds. The molecule has 0 saturated heterocycles. The number of halogens is 1. The molecule has 1 N–H and O–H groups in total. The Morgan fingerprint density at radius 1 is 1.30 bits per heavy atom. The van der Waals surface area contributed by atoms with Gasteiger partial charge in [-0.1, -0.05) is 47.1 Å². The van der Waals surface area contributed by atoms with Crippen molar-refractivity contribution in [1.82, 2.24) is 0 Å². The topological polar surface area (TPSA) is 59.9 Å². The molecule has 0 bridgehead atoms. The molecule has 0 unspecified atom stereocenters. The molecule has 2 aromatic rings. The number of carbonyl (C=O) groups is 1. The van der Waals surface area contributed by atoms with Gasteiger partial charge >= 0.3 is 0 Å². The number of benzene rings is 2. The fourth-order valence-electron chi connectivity index (χ4n) is 2.29. The van der Waals surface area contributed by atoms with Crippen LogP contribution in [-0.4, -0.2) is 24.8 Å². The van der Waals surface area contributed by atoms with Gasteiger partial charge in [-0.2, -0.15) is 0 Å². The number of hydrogen-bond acceptors (Lipinski definition) is 4. The SMILES string of the molecule is COc1ccc(NC(=O)[C@H]2CC(c3ccccc3)=NO2)cc1Cl. The third-order valence-corrected chi connectivity index (χ3v) is 3.78. The lowest BCUT2D eigenvalue weighted by Gasteiger charge is -2.11. The largest absolute Gasteiger partial charge is 0.495 e. The Bertz CT molecular complexity index is 747. The van der Waals surface area contributed by atoms with Gasteiger partial charge < -0.3 is 14.9 Å². The number of nitrogens with zero attached hydrogens (tertiary/aromatic N) is 1. The van der Waals surface area contributed by atoms with Crippen molar-refractivity contribution in [2.45, 2.75) is 12.5 Å². The van der Waals surface area contributed by atoms with Crippen LogP contribution < -0.4 is 10.1 Å². The third kappa shape index (κ3) is 3.46. The van der Waals surface area contributed by atoms with Crippen LogP contribution in [0.5, 0.6) is 5.75 Å². The molecule has 0 aromatic heterocycles. The van der Waals surface area contributed by atoms with E-state index in [0.717, 1.165) is 11.3 Å². The van der Waals surface area contributed by atoms with Gasteiger partial charge in [-0.3, -0.25) is 4.79 Å². The number of hydrogen-bond donors (Lipinski definition) is 1. The Kier molecular flexibility index (Phi) is 4.48. The van der Waals surface area contributed by atoms with Gasteiger partial charge in [-0.15, -0.1) is 0 Å². The first-order chi connectivity index (χ1) is 11.2. The van der Waals surface area contributed by atoms with Crippen molar-refractivity contribution in [1.29, 1.82) is 0 Å². The van der Waals surface area contributed by atoms with E-state index in [1.54, 1.807) is 18.2 Å². The van der Waals surface area contributed by atoms with Gasteiger partial charge in [0.1, 0.15) is 5.75 Å². The number of amides is 1. The molecule has 23 heavy (non-hydrogen) atoms. The van der Waals surface area contributed by atoms with Crippen molar-refractivity contribution in [3.63, 3.8) is 0 Å². The van der Waals surface area contributed by atoms with Gasteiger partial charge in [0.2, 0.25) is 6.10 Å². The molecule has 0 fully saturated rings. The lowest BCUT2D eigenvalue weighted by atomic mass is 10.0. The van der Waals surface area contributed by atoms with Crippen molar-refractivity contribution < 1.29 is 14.4 Å². The van der Waals surface area contributed by atoms with E-state index in [9.17, 15) is 4.79 Å². The highest BCUT2D eigenvalue weighted by atomic mass is 35.5. The Morgan fingerprint density at radius 2 is 2.09 bits per heavy atom. The number of methoxy groups -OCH3 is 1. The van der Waals surface area contributed by atoms with Crippen molar-refractivity contribution >= 4 is 28.9 Å². The molecule has 2 aromatic carbocycles. The highest BCUT2D eigenvalue weighted by Crippen LogP contribution is 2.27. The summed E-state index contributed by atoms with van der Waals surface area (Å²) in [6, 6.07) is 14.7. The van der Waals surface area contributed by atoms with Gasteiger partial charge in [0.15, 0.2) is 0 Å². The standard InChI is InChI=1S/C17H15ClN2O3/c1-22-15-8-7-12(9-13(15)18)19-17(21)16-10-14(20-23-16)11-5-3-2-4-6-11/h2-9,16H,10H2,1H3,(H,19,21)/t16-/m1/s1. The number of nitrogens with one attached hydrogen (secondary N) is 1. The summed E-state index contributed by atoms with van der Waals surface area (Å²) in [5.74, 6) is 0.289. The summed E-state index contributed by atoms with van der Waals surface area (Å²) in [5, 5.41) is 7.21. The zero-order valence-electron chi connectivity index (χ0n) is 12.5. The molecule has 0 spiro atoms. The van der Waals surface area contributed by atoms with E-state index < -0.39 is 6.10 Å². The van der Waals surface area contributed by atoms with Crippen LogP contribution in [0.3, 0.4) is 0 Å². The van der Waals surface area contributed by atoms with E-state index in [1.165, 1.54) is 7.11 Å². The zero-order valence-corrected chi connectivity index (χ0v) is 13.2. The summed E-state index contributed by atoms with van der Waals surface area (Å²) < 4.78 is 5.08. The summed E-state index contributed by atoms with van der Waals surface area (Å²) in [6.07, 6.45) is -0.217. The fraction of sp³-hybridized carbons (Fsp3) is 0.176. The van der Waals surface area contributed by atoms with Crippen molar-refractivity contribution in [3.8, 4) is 5.75 Å². The predicted molar refractivity (Wildman–Crippen MR) is 89.1 cm³/mol. The first-order valence-electron chi connectivity index (χ1n) is 7.10. The van der Waals surface area contributed by atoms with Crippen molar-refractivity contribution in [3.05, 3.63) is 59.1 Å². The zero-order chi connectivity index (χ0) is 16.2. The van der Waals surface area contributed by atoms with Crippen molar-refractivity contribution in [2.75, 3.05) is 12.4 Å². The quantitative estimate of drug-likeness (QED) is 0.933. The molecule has 1 heterocycles. The summed E-state index contributed by atoms with van der Waals surface area (Å²) in [5.41, 5.74) is 2.30. The normalized spacial score (nSPS) is 16.4. The minimum absolute atomic E-state index is 0.263. The molecule has 1 atom stereocenters. The number of rotatable bonds is 4. The smallest absolute Gasteiger partial charge is 0.268 e. The van der Waals surface area contributed by atoms with Crippen LogP contribution >= 0.6 is 11.6 Å². The molecule has 1 aliphatic heterocycles. The average Bonchev–Trinajstić information content (AvgIpc) is 3.06. The monoisotopic (exact) mass is 330 g/mol. The molecule has 118 valence electrons. The average molecular weight is 331 g/mol. The van der Waals surface area contributed by atoms with Gasteiger partial charge in [0.25, 0.3) is 5.91 Å². The van der Waals surface area contributed by atoms with E-state index in [1.807, 2.05) is 30.3 Å². The van der Waals surface area contributed by atoms with Crippen LogP contribution in [0, 0.1) is 0 Å². The maximum absolute atomic E-state index is 12.3. The molecule has 0 radical (unpaired) electrons. The predicted octanol–water partition coefficient (Wildman–Crippen LogP) is 3.48. The van der Waals surface area contributed by atoms with Crippen LogP contribution in [0.2, 0.25) is 5.02 Å². The van der Waals surface area contributed by atoms with Gasteiger partial charge in [-0.05, 0) is 23.8 Å². The first-order valence-corrected chi connectivity index (χ1v) is 7.47. The molecular formula is C17H15ClN2O3. The van der Waals surface area contributed by atoms with Crippen LogP contribution in [-0.2, 0) is 9.63 Å². The van der Waals surface area contributed by atoms with Crippen LogP contribution in [0.1, 0.15) is 12.0 Å². The molecule has 1 aliphatic rings. The lowest BCUT2D eigenvalue weighted by molar-refractivity contribution is -0.125. The van der Waals surface area contributed by atoms with Gasteiger partial charge in [0.05, 0.1) is 17.8 Å².